The lowest BCUT2D eigenvalue weighted by atomic mass is 10.0. The van der Waals surface area contributed by atoms with Crippen LogP contribution >= 0.6 is 0 Å². The number of halogens is 6. The molecule has 1 unspecified atom stereocenters. The summed E-state index contributed by atoms with van der Waals surface area (Å²) in [5.41, 5.74) is -2.51. The van der Waals surface area contributed by atoms with E-state index in [1.54, 1.807) is 60.7 Å². The maximum absolute atomic E-state index is 14.1. The van der Waals surface area contributed by atoms with Gasteiger partial charge in [0.2, 0.25) is 0 Å². The first-order valence-electron chi connectivity index (χ1n) is 19.4. The monoisotopic (exact) mass is 904 g/mol. The molecular formula is C43H38F6N10O6. The minimum absolute atomic E-state index is 0.123. The topological polar surface area (TPSA) is 198 Å². The molecule has 8 rings (SSSR count). The van der Waals surface area contributed by atoms with E-state index < -0.39 is 35.4 Å². The van der Waals surface area contributed by atoms with E-state index in [9.17, 15) is 36.6 Å². The second-order valence-corrected chi connectivity index (χ2v) is 14.8. The van der Waals surface area contributed by atoms with Crippen molar-refractivity contribution in [1.29, 1.82) is 0 Å². The number of alkyl halides is 6. The molecule has 0 aliphatic carbocycles. The van der Waals surface area contributed by atoms with Gasteiger partial charge >= 0.3 is 12.4 Å². The van der Waals surface area contributed by atoms with Gasteiger partial charge in [0, 0.05) is 35.9 Å². The van der Waals surface area contributed by atoms with Gasteiger partial charge in [0.15, 0.2) is 34.6 Å². The molecule has 2 aromatic carbocycles. The van der Waals surface area contributed by atoms with E-state index in [0.717, 1.165) is 12.4 Å². The minimum atomic E-state index is -4.79. The first-order chi connectivity index (χ1) is 30.9. The van der Waals surface area contributed by atoms with Crippen LogP contribution in [0, 0.1) is 0 Å². The molecular weight excluding hydrogens is 867 g/mol. The fourth-order valence-corrected chi connectivity index (χ4v) is 6.84. The Balaban J connectivity index is 0.000000194. The van der Waals surface area contributed by atoms with Gasteiger partial charge in [-0.2, -0.15) is 36.5 Å². The second kappa shape index (κ2) is 18.3. The Kier molecular flexibility index (Phi) is 12.8. The van der Waals surface area contributed by atoms with Gasteiger partial charge in [-0.1, -0.05) is 34.6 Å². The largest absolute Gasteiger partial charge is 0.496 e. The molecule has 0 saturated heterocycles. The highest BCUT2D eigenvalue weighted by Crippen LogP contribution is 2.47. The van der Waals surface area contributed by atoms with Crippen LogP contribution in [0.4, 0.5) is 26.3 Å². The Morgan fingerprint density at radius 3 is 1.40 bits per heavy atom. The maximum atomic E-state index is 14.1. The van der Waals surface area contributed by atoms with Crippen molar-refractivity contribution in [3.8, 4) is 79.4 Å². The van der Waals surface area contributed by atoms with Crippen molar-refractivity contribution in [3.63, 3.8) is 0 Å². The van der Waals surface area contributed by atoms with Gasteiger partial charge in [0.25, 0.3) is 0 Å². The van der Waals surface area contributed by atoms with Crippen LogP contribution in [0.1, 0.15) is 32.2 Å². The van der Waals surface area contributed by atoms with Gasteiger partial charge in [-0.15, -0.1) is 0 Å². The van der Waals surface area contributed by atoms with Crippen LogP contribution in [0.2, 0.25) is 0 Å². The molecule has 65 heavy (non-hydrogen) atoms. The number of hydrogen-bond donors (Lipinski definition) is 2. The third kappa shape index (κ3) is 9.72. The van der Waals surface area contributed by atoms with Gasteiger partial charge < -0.3 is 28.7 Å². The molecule has 0 aliphatic heterocycles. The zero-order valence-corrected chi connectivity index (χ0v) is 35.0. The molecule has 1 atom stereocenters. The zero-order valence-electron chi connectivity index (χ0n) is 35.0. The molecule has 6 aromatic heterocycles. The number of benzene rings is 2. The Bertz CT molecular complexity index is 2870. The van der Waals surface area contributed by atoms with Gasteiger partial charge in [-0.05, 0) is 57.2 Å². The summed E-state index contributed by atoms with van der Waals surface area (Å²) in [5, 5.41) is 35.5. The van der Waals surface area contributed by atoms with Gasteiger partial charge in [0.1, 0.15) is 22.9 Å². The van der Waals surface area contributed by atoms with E-state index >= 15 is 0 Å². The van der Waals surface area contributed by atoms with Crippen molar-refractivity contribution < 1.29 is 55.1 Å². The van der Waals surface area contributed by atoms with Crippen molar-refractivity contribution in [2.75, 3.05) is 14.2 Å². The zero-order chi connectivity index (χ0) is 46.7. The highest BCUT2D eigenvalue weighted by Gasteiger charge is 2.43. The number of aliphatic hydroxyl groups excluding tert-OH is 1. The molecule has 338 valence electrons. The number of aromatic nitrogens is 10. The highest BCUT2D eigenvalue weighted by atomic mass is 19.4. The van der Waals surface area contributed by atoms with Crippen LogP contribution in [-0.4, -0.2) is 85.9 Å². The van der Waals surface area contributed by atoms with Crippen LogP contribution in [0.5, 0.6) is 11.5 Å². The fraction of sp³-hybridized carbons (Fsp3) is 0.256. The molecule has 2 N–H and O–H groups in total. The lowest BCUT2D eigenvalue weighted by molar-refractivity contribution is -0.145. The molecule has 8 aromatic rings. The summed E-state index contributed by atoms with van der Waals surface area (Å²) in [6.45, 7) is 3.43. The van der Waals surface area contributed by atoms with E-state index in [2.05, 4.69) is 40.4 Å². The van der Waals surface area contributed by atoms with Crippen molar-refractivity contribution >= 4 is 0 Å². The number of aliphatic hydroxyl groups is 2. The summed E-state index contributed by atoms with van der Waals surface area (Å²) in [5.74, 6) is 0.755. The minimum Gasteiger partial charge on any atom is -0.496 e. The third-order valence-corrected chi connectivity index (χ3v) is 9.37. The fourth-order valence-electron chi connectivity index (χ4n) is 6.84. The van der Waals surface area contributed by atoms with E-state index in [4.69, 9.17) is 18.5 Å². The quantitative estimate of drug-likeness (QED) is 0.111. The summed E-state index contributed by atoms with van der Waals surface area (Å²) in [7, 11) is 2.95. The first kappa shape index (κ1) is 45.6. The molecule has 16 nitrogen and oxygen atoms in total. The highest BCUT2D eigenvalue weighted by molar-refractivity contribution is 5.91. The Hall–Kier alpha value is -7.46. The number of nitrogens with zero attached hydrogens (tertiary/aromatic N) is 10. The Morgan fingerprint density at radius 2 is 1.02 bits per heavy atom. The average Bonchev–Trinajstić information content (AvgIpc) is 4.08. The Morgan fingerprint density at radius 1 is 0.615 bits per heavy atom. The lowest BCUT2D eigenvalue weighted by Gasteiger charge is -2.20. The second-order valence-electron chi connectivity index (χ2n) is 14.8. The van der Waals surface area contributed by atoms with E-state index in [0.29, 0.717) is 32.0 Å². The summed E-state index contributed by atoms with van der Waals surface area (Å²) in [4.78, 5) is 16.8. The molecule has 0 saturated carbocycles. The number of hydrogen-bond acceptors (Lipinski definition) is 14. The van der Waals surface area contributed by atoms with Crippen LogP contribution in [-0.2, 0) is 25.4 Å². The van der Waals surface area contributed by atoms with E-state index in [1.165, 1.54) is 59.8 Å². The molecule has 0 spiro atoms. The molecule has 6 heterocycles. The lowest BCUT2D eigenvalue weighted by Crippen LogP contribution is -2.29. The van der Waals surface area contributed by atoms with Gasteiger partial charge in [0.05, 0.1) is 73.7 Å². The summed E-state index contributed by atoms with van der Waals surface area (Å²) < 4.78 is 107. The van der Waals surface area contributed by atoms with Crippen molar-refractivity contribution in [2.24, 2.45) is 0 Å². The normalized spacial score (nSPS) is 12.4. The van der Waals surface area contributed by atoms with Crippen molar-refractivity contribution in [2.45, 2.75) is 57.9 Å². The van der Waals surface area contributed by atoms with Crippen molar-refractivity contribution in [3.05, 3.63) is 109 Å². The molecule has 0 amide bonds. The standard InChI is InChI=1S/C22H20F3N5O3.C21H18F3N5O3/c1-21(2,31)12-30-19(22(23,24)25)14(11-28-30)18-16(20-26-9-6-10-27-20)17(29-33-18)13-7-4-5-8-15(13)32-3;1-12(30)11-29-19(21(22,23)24)14(10-27-29)18-16(20-25-8-5-9-26-20)17(28-32-18)13-6-3-4-7-15(13)31-2/h4-11,31H,12H2,1-3H3;3-10,12,30H,11H2,1-2H3. The number of para-hydroxylation sites is 2. The van der Waals surface area contributed by atoms with E-state index in [-0.39, 0.29) is 69.9 Å². The smallest absolute Gasteiger partial charge is 0.433 e. The van der Waals surface area contributed by atoms with Crippen molar-refractivity contribution in [1.82, 2.24) is 49.8 Å². The molecule has 0 aliphatic rings. The predicted molar refractivity (Wildman–Crippen MR) is 219 cm³/mol. The first-order valence-corrected chi connectivity index (χ1v) is 19.4. The number of rotatable bonds is 12. The van der Waals surface area contributed by atoms with Crippen LogP contribution in [0.25, 0.3) is 67.9 Å². The molecule has 0 bridgehead atoms. The third-order valence-electron chi connectivity index (χ3n) is 9.37. The SMILES string of the molecule is COc1ccccc1-c1noc(-c2cnn(CC(C)(C)O)c2C(F)(F)F)c1-c1ncccn1.COc1ccccc1-c1noc(-c2cnn(CC(C)O)c2C(F)(F)F)c1-c1ncccn1. The average molecular weight is 905 g/mol. The summed E-state index contributed by atoms with van der Waals surface area (Å²) in [6, 6.07) is 17.0. The Labute approximate surface area is 365 Å². The van der Waals surface area contributed by atoms with Crippen LogP contribution in [0.15, 0.2) is 107 Å². The van der Waals surface area contributed by atoms with Gasteiger partial charge in [-0.3, -0.25) is 9.36 Å². The molecule has 0 fully saturated rings. The number of ether oxygens (including phenoxy) is 2. The molecule has 22 heteroatoms. The van der Waals surface area contributed by atoms with Crippen LogP contribution < -0.4 is 9.47 Å². The molecule has 0 radical (unpaired) electrons. The summed E-state index contributed by atoms with van der Waals surface area (Å²) >= 11 is 0. The van der Waals surface area contributed by atoms with E-state index in [1.807, 2.05) is 0 Å². The van der Waals surface area contributed by atoms with Gasteiger partial charge in [-0.25, -0.2) is 19.9 Å². The maximum Gasteiger partial charge on any atom is 0.433 e. The predicted octanol–water partition coefficient (Wildman–Crippen LogP) is 8.53. The number of methoxy groups -OCH3 is 2. The summed E-state index contributed by atoms with van der Waals surface area (Å²) in [6.07, 6.45) is -2.67. The van der Waals surface area contributed by atoms with Crippen LogP contribution in [0.3, 0.4) is 0 Å².